The second kappa shape index (κ2) is 7.31. The van der Waals surface area contributed by atoms with Gasteiger partial charge in [-0.1, -0.05) is 33.3 Å². The minimum atomic E-state index is -1.04. The maximum absolute atomic E-state index is 12.1. The summed E-state index contributed by atoms with van der Waals surface area (Å²) in [6.07, 6.45) is 2.85. The van der Waals surface area contributed by atoms with Gasteiger partial charge in [-0.15, -0.1) is 0 Å². The van der Waals surface area contributed by atoms with Crippen LogP contribution in [0.2, 0.25) is 0 Å². The molecule has 4 nitrogen and oxygen atoms in total. The van der Waals surface area contributed by atoms with E-state index in [1.54, 1.807) is 26.8 Å². The van der Waals surface area contributed by atoms with Crippen molar-refractivity contribution in [3.05, 3.63) is 11.6 Å². The molecule has 0 aromatic carbocycles. The number of hydrogen-bond acceptors (Lipinski definition) is 3. The van der Waals surface area contributed by atoms with E-state index in [-0.39, 0.29) is 11.5 Å². The average Bonchev–Trinajstić information content (AvgIpc) is 2.19. The predicted octanol–water partition coefficient (Wildman–Crippen LogP) is 3.41. The molecule has 0 saturated heterocycles. The number of carboxylic acid groups (broad SMARTS) is 1. The molecule has 0 aliphatic carbocycles. The van der Waals surface area contributed by atoms with Gasteiger partial charge in [0.1, 0.15) is 5.60 Å². The fourth-order valence-corrected chi connectivity index (χ4v) is 1.76. The number of carbonyl (C=O) groups is 2. The highest BCUT2D eigenvalue weighted by Gasteiger charge is 2.31. The van der Waals surface area contributed by atoms with Gasteiger partial charge in [0.25, 0.3) is 0 Å². The Labute approximate surface area is 115 Å². The van der Waals surface area contributed by atoms with Gasteiger partial charge < -0.3 is 9.84 Å². The largest absolute Gasteiger partial charge is 0.478 e. The first-order valence-electron chi connectivity index (χ1n) is 6.76. The van der Waals surface area contributed by atoms with Crippen molar-refractivity contribution < 1.29 is 19.4 Å². The van der Waals surface area contributed by atoms with Crippen LogP contribution in [0.1, 0.15) is 54.4 Å². The maximum Gasteiger partial charge on any atom is 0.332 e. The number of ether oxygens (including phenoxy) is 1. The van der Waals surface area contributed by atoms with Gasteiger partial charge in [-0.3, -0.25) is 4.79 Å². The van der Waals surface area contributed by atoms with Crippen LogP contribution in [0.25, 0.3) is 0 Å². The normalized spacial score (nSPS) is 14.4. The SMILES string of the molecule is CCC[C@@H](C(=O)OC(C)(C)C)C(=CC(C)C)C(=O)O. The molecule has 0 aromatic heterocycles. The zero-order valence-electron chi connectivity index (χ0n) is 12.8. The van der Waals surface area contributed by atoms with Crippen LogP contribution in [-0.2, 0) is 14.3 Å². The Morgan fingerprint density at radius 1 is 1.26 bits per heavy atom. The molecule has 0 saturated carbocycles. The van der Waals surface area contributed by atoms with E-state index >= 15 is 0 Å². The Balaban J connectivity index is 5.26. The fraction of sp³-hybridized carbons (Fsp3) is 0.733. The molecule has 0 aliphatic rings. The van der Waals surface area contributed by atoms with Crippen LogP contribution in [0.15, 0.2) is 11.6 Å². The molecule has 0 bridgehead atoms. The highest BCUT2D eigenvalue weighted by molar-refractivity contribution is 5.94. The summed E-state index contributed by atoms with van der Waals surface area (Å²) in [5.74, 6) is -2.11. The van der Waals surface area contributed by atoms with Gasteiger partial charge in [-0.25, -0.2) is 4.79 Å². The van der Waals surface area contributed by atoms with Crippen LogP contribution >= 0.6 is 0 Å². The first-order valence-corrected chi connectivity index (χ1v) is 6.76. The summed E-state index contributed by atoms with van der Waals surface area (Å²) < 4.78 is 5.32. The second-order valence-corrected chi connectivity index (χ2v) is 6.05. The van der Waals surface area contributed by atoms with Gasteiger partial charge in [0.05, 0.1) is 5.92 Å². The van der Waals surface area contributed by atoms with Crippen molar-refractivity contribution in [2.75, 3.05) is 0 Å². The van der Waals surface area contributed by atoms with Gasteiger partial charge in [0, 0.05) is 5.57 Å². The van der Waals surface area contributed by atoms with Crippen LogP contribution in [0.5, 0.6) is 0 Å². The fourth-order valence-electron chi connectivity index (χ4n) is 1.76. The number of allylic oxidation sites excluding steroid dienone is 1. The first-order chi connectivity index (χ1) is 8.58. The van der Waals surface area contributed by atoms with Gasteiger partial charge >= 0.3 is 11.9 Å². The number of hydrogen-bond donors (Lipinski definition) is 1. The summed E-state index contributed by atoms with van der Waals surface area (Å²) in [6.45, 7) is 11.0. The zero-order chi connectivity index (χ0) is 15.2. The number of rotatable bonds is 6. The van der Waals surface area contributed by atoms with E-state index in [1.165, 1.54) is 0 Å². The van der Waals surface area contributed by atoms with Gasteiger partial charge in [-0.2, -0.15) is 0 Å². The third-order valence-corrected chi connectivity index (χ3v) is 2.40. The smallest absolute Gasteiger partial charge is 0.332 e. The van der Waals surface area contributed by atoms with Gasteiger partial charge in [-0.05, 0) is 33.1 Å². The molecule has 0 spiro atoms. The molecule has 0 amide bonds. The lowest BCUT2D eigenvalue weighted by Crippen LogP contribution is -2.31. The summed E-state index contributed by atoms with van der Waals surface area (Å²) in [5.41, 5.74) is -0.462. The zero-order valence-corrected chi connectivity index (χ0v) is 12.8. The average molecular weight is 270 g/mol. The molecule has 0 radical (unpaired) electrons. The lowest BCUT2D eigenvalue weighted by atomic mass is 9.91. The lowest BCUT2D eigenvalue weighted by Gasteiger charge is -2.24. The Morgan fingerprint density at radius 2 is 1.79 bits per heavy atom. The molecule has 0 rings (SSSR count). The molecule has 0 aliphatic heterocycles. The molecule has 19 heavy (non-hydrogen) atoms. The number of esters is 1. The molecule has 0 aromatic rings. The second-order valence-electron chi connectivity index (χ2n) is 6.05. The van der Waals surface area contributed by atoms with Crippen LogP contribution in [-0.4, -0.2) is 22.6 Å². The Bertz CT molecular complexity index is 348. The van der Waals surface area contributed by atoms with E-state index < -0.39 is 23.5 Å². The molecule has 4 heteroatoms. The van der Waals surface area contributed by atoms with Gasteiger partial charge in [0.2, 0.25) is 0 Å². The molecule has 0 heterocycles. The minimum absolute atomic E-state index is 0.0768. The minimum Gasteiger partial charge on any atom is -0.478 e. The van der Waals surface area contributed by atoms with Crippen LogP contribution in [0, 0.1) is 11.8 Å². The summed E-state index contributed by atoms with van der Waals surface area (Å²) >= 11 is 0. The molecular formula is C15H26O4. The van der Waals surface area contributed by atoms with Gasteiger partial charge in [0.15, 0.2) is 0 Å². The van der Waals surface area contributed by atoms with Crippen molar-refractivity contribution in [2.24, 2.45) is 11.8 Å². The first kappa shape index (κ1) is 17.7. The van der Waals surface area contributed by atoms with Crippen molar-refractivity contribution >= 4 is 11.9 Å². The van der Waals surface area contributed by atoms with E-state index in [9.17, 15) is 14.7 Å². The molecule has 1 atom stereocenters. The Hall–Kier alpha value is -1.32. The monoisotopic (exact) mass is 270 g/mol. The summed E-state index contributed by atoms with van der Waals surface area (Å²) in [5, 5.41) is 9.29. The van der Waals surface area contributed by atoms with Crippen molar-refractivity contribution in [1.29, 1.82) is 0 Å². The number of carboxylic acids is 1. The summed E-state index contributed by atoms with van der Waals surface area (Å²) in [4.78, 5) is 23.5. The lowest BCUT2D eigenvalue weighted by molar-refractivity contribution is -0.160. The van der Waals surface area contributed by atoms with E-state index in [0.29, 0.717) is 6.42 Å². The standard InChI is InChI=1S/C15H26O4/c1-7-8-11(14(18)19-15(4,5)6)12(13(16)17)9-10(2)3/h9-11H,7-8H2,1-6H3,(H,16,17)/t11-/m1/s1. The van der Waals surface area contributed by atoms with E-state index in [2.05, 4.69) is 0 Å². The van der Waals surface area contributed by atoms with E-state index in [0.717, 1.165) is 6.42 Å². The summed E-state index contributed by atoms with van der Waals surface area (Å²) in [7, 11) is 0. The van der Waals surface area contributed by atoms with Crippen LogP contribution in [0.4, 0.5) is 0 Å². The highest BCUT2D eigenvalue weighted by Crippen LogP contribution is 2.23. The summed E-state index contributed by atoms with van der Waals surface area (Å²) in [6, 6.07) is 0. The maximum atomic E-state index is 12.1. The van der Waals surface area contributed by atoms with Crippen molar-refractivity contribution in [3.8, 4) is 0 Å². The quantitative estimate of drug-likeness (QED) is 0.593. The molecule has 1 N–H and O–H groups in total. The number of carbonyl (C=O) groups excluding carboxylic acids is 1. The molecule has 110 valence electrons. The molecule has 0 fully saturated rings. The van der Waals surface area contributed by atoms with Crippen molar-refractivity contribution in [2.45, 2.75) is 60.0 Å². The topological polar surface area (TPSA) is 63.6 Å². The van der Waals surface area contributed by atoms with Crippen molar-refractivity contribution in [1.82, 2.24) is 0 Å². The van der Waals surface area contributed by atoms with E-state index in [1.807, 2.05) is 20.8 Å². The Morgan fingerprint density at radius 3 is 2.11 bits per heavy atom. The number of aliphatic carboxylic acids is 1. The van der Waals surface area contributed by atoms with E-state index in [4.69, 9.17) is 4.74 Å². The van der Waals surface area contributed by atoms with Crippen LogP contribution < -0.4 is 0 Å². The molecular weight excluding hydrogens is 244 g/mol. The van der Waals surface area contributed by atoms with Crippen LogP contribution in [0.3, 0.4) is 0 Å². The van der Waals surface area contributed by atoms with Crippen molar-refractivity contribution in [3.63, 3.8) is 0 Å². The Kier molecular flexibility index (Phi) is 6.81. The predicted molar refractivity (Wildman–Crippen MR) is 74.8 cm³/mol. The highest BCUT2D eigenvalue weighted by atomic mass is 16.6. The molecule has 0 unspecified atom stereocenters. The third-order valence-electron chi connectivity index (χ3n) is 2.40. The third kappa shape index (κ3) is 6.99.